The van der Waals surface area contributed by atoms with E-state index in [-0.39, 0.29) is 6.23 Å². The van der Waals surface area contributed by atoms with E-state index in [0.717, 1.165) is 24.6 Å². The summed E-state index contributed by atoms with van der Waals surface area (Å²) in [6.45, 7) is 0.650. The van der Waals surface area contributed by atoms with Gasteiger partial charge in [0.25, 0.3) is 10.1 Å². The fourth-order valence-corrected chi connectivity index (χ4v) is 4.28. The third kappa shape index (κ3) is 3.37. The van der Waals surface area contributed by atoms with Gasteiger partial charge < -0.3 is 9.47 Å². The Bertz CT molecular complexity index is 827. The third-order valence-corrected chi connectivity index (χ3v) is 5.38. The molecule has 126 valence electrons. The van der Waals surface area contributed by atoms with Crippen molar-refractivity contribution in [3.05, 3.63) is 22.3 Å². The molecule has 1 aromatic heterocycles. The number of hydrogen-bond donors (Lipinski definition) is 1. The second-order valence-electron chi connectivity index (χ2n) is 5.45. The lowest BCUT2D eigenvalue weighted by molar-refractivity contribution is -0.0367. The summed E-state index contributed by atoms with van der Waals surface area (Å²) in [5.74, 6) is -0.0417. The van der Waals surface area contributed by atoms with Gasteiger partial charge in [-0.15, -0.1) is 0 Å². The van der Waals surface area contributed by atoms with Crippen LogP contribution in [0.1, 0.15) is 31.1 Å². The maximum atomic E-state index is 11.4. The van der Waals surface area contributed by atoms with Crippen LogP contribution in [0.2, 0.25) is 0 Å². The van der Waals surface area contributed by atoms with Gasteiger partial charge in [0.1, 0.15) is 11.5 Å². The Morgan fingerprint density at radius 2 is 2.30 bits per heavy atom. The molecule has 9 heteroatoms. The summed E-state index contributed by atoms with van der Waals surface area (Å²) in [6, 6.07) is 1.78. The van der Waals surface area contributed by atoms with Gasteiger partial charge in [-0.1, -0.05) is 0 Å². The summed E-state index contributed by atoms with van der Waals surface area (Å²) in [4.78, 5) is 0. The smallest absolute Gasteiger partial charge is 0.269 e. The average Bonchev–Trinajstić information content (AvgIpc) is 2.93. The Balaban J connectivity index is 2.21. The molecule has 23 heavy (non-hydrogen) atoms. The summed E-state index contributed by atoms with van der Waals surface area (Å²) >= 11 is 3.38. The summed E-state index contributed by atoms with van der Waals surface area (Å²) in [6.07, 6.45) is 4.26. The summed E-state index contributed by atoms with van der Waals surface area (Å²) in [5, 5.41) is 5.10. The fourth-order valence-electron chi connectivity index (χ4n) is 2.85. The zero-order valence-electron chi connectivity index (χ0n) is 12.5. The highest BCUT2D eigenvalue weighted by Gasteiger charge is 2.25. The van der Waals surface area contributed by atoms with Gasteiger partial charge in [-0.3, -0.25) is 4.55 Å². The standard InChI is InChI=1S/C14H17BrN2O5S/c1-21-11-6-9-7-16-17(12-4-2-3-5-22-12)14(9)10(13(11)15)8-23(18,19)20/h6-7,12H,2-5,8H2,1H3,(H,18,19,20). The van der Waals surface area contributed by atoms with Gasteiger partial charge in [0.15, 0.2) is 6.23 Å². The first-order valence-electron chi connectivity index (χ1n) is 7.20. The van der Waals surface area contributed by atoms with Crippen molar-refractivity contribution in [3.63, 3.8) is 0 Å². The van der Waals surface area contributed by atoms with Crippen molar-refractivity contribution in [2.45, 2.75) is 31.2 Å². The maximum Gasteiger partial charge on any atom is 0.269 e. The van der Waals surface area contributed by atoms with Gasteiger partial charge in [0.05, 0.1) is 23.3 Å². The van der Waals surface area contributed by atoms with E-state index in [4.69, 9.17) is 9.47 Å². The Hall–Kier alpha value is -1.16. The molecule has 0 amide bonds. The van der Waals surface area contributed by atoms with Gasteiger partial charge in [0, 0.05) is 17.6 Å². The van der Waals surface area contributed by atoms with Crippen molar-refractivity contribution < 1.29 is 22.4 Å². The first kappa shape index (κ1) is 16.7. The monoisotopic (exact) mass is 404 g/mol. The van der Waals surface area contributed by atoms with Crippen molar-refractivity contribution in [1.82, 2.24) is 9.78 Å². The first-order chi connectivity index (χ1) is 10.9. The number of halogens is 1. The number of benzene rings is 1. The minimum absolute atomic E-state index is 0.235. The highest BCUT2D eigenvalue weighted by molar-refractivity contribution is 9.10. The quantitative estimate of drug-likeness (QED) is 0.787. The molecule has 0 radical (unpaired) electrons. The predicted molar refractivity (Wildman–Crippen MR) is 88.1 cm³/mol. The Kier molecular flexibility index (Phi) is 4.63. The minimum Gasteiger partial charge on any atom is -0.496 e. The normalized spacial score (nSPS) is 19.2. The van der Waals surface area contributed by atoms with E-state index >= 15 is 0 Å². The Labute approximate surface area is 142 Å². The van der Waals surface area contributed by atoms with Gasteiger partial charge in [-0.25, -0.2) is 4.68 Å². The number of ether oxygens (including phenoxy) is 2. The van der Waals surface area contributed by atoms with E-state index in [1.165, 1.54) is 7.11 Å². The number of rotatable bonds is 4. The highest BCUT2D eigenvalue weighted by Crippen LogP contribution is 2.38. The zero-order valence-corrected chi connectivity index (χ0v) is 14.9. The van der Waals surface area contributed by atoms with Gasteiger partial charge in [-0.05, 0) is 41.3 Å². The van der Waals surface area contributed by atoms with Gasteiger partial charge in [-0.2, -0.15) is 13.5 Å². The molecule has 2 heterocycles. The minimum atomic E-state index is -4.21. The first-order valence-corrected chi connectivity index (χ1v) is 9.60. The van der Waals surface area contributed by atoms with Crippen LogP contribution in [0, 0.1) is 0 Å². The summed E-state index contributed by atoms with van der Waals surface area (Å²) in [7, 11) is -2.71. The second kappa shape index (κ2) is 6.39. The average molecular weight is 405 g/mol. The van der Waals surface area contributed by atoms with Crippen LogP contribution in [0.4, 0.5) is 0 Å². The van der Waals surface area contributed by atoms with Gasteiger partial charge >= 0.3 is 0 Å². The van der Waals surface area contributed by atoms with E-state index in [9.17, 15) is 13.0 Å². The lowest BCUT2D eigenvalue weighted by atomic mass is 10.1. The number of methoxy groups -OCH3 is 1. The van der Waals surface area contributed by atoms with Crippen LogP contribution in [-0.2, 0) is 20.6 Å². The molecule has 1 atom stereocenters. The Morgan fingerprint density at radius 1 is 1.52 bits per heavy atom. The van der Waals surface area contributed by atoms with Crippen molar-refractivity contribution in [1.29, 1.82) is 0 Å². The predicted octanol–water partition coefficient (Wildman–Crippen LogP) is 2.89. The van der Waals surface area contributed by atoms with E-state index in [2.05, 4.69) is 21.0 Å². The topological polar surface area (TPSA) is 90.7 Å². The van der Waals surface area contributed by atoms with Crippen molar-refractivity contribution >= 4 is 37.0 Å². The molecular weight excluding hydrogens is 388 g/mol. The van der Waals surface area contributed by atoms with Crippen LogP contribution < -0.4 is 4.74 Å². The van der Waals surface area contributed by atoms with E-state index in [1.807, 2.05) is 0 Å². The molecule has 1 saturated heterocycles. The lowest BCUT2D eigenvalue weighted by Crippen LogP contribution is -2.20. The molecule has 7 nitrogen and oxygen atoms in total. The molecule has 3 rings (SSSR count). The molecule has 0 bridgehead atoms. The molecule has 1 fully saturated rings. The van der Waals surface area contributed by atoms with Crippen LogP contribution >= 0.6 is 15.9 Å². The molecule has 1 aliphatic rings. The van der Waals surface area contributed by atoms with Crippen LogP contribution in [0.15, 0.2) is 16.7 Å². The van der Waals surface area contributed by atoms with E-state index in [0.29, 0.717) is 27.9 Å². The number of aromatic nitrogens is 2. The van der Waals surface area contributed by atoms with Crippen LogP contribution in [0.5, 0.6) is 5.75 Å². The highest BCUT2D eigenvalue weighted by atomic mass is 79.9. The molecule has 1 aliphatic heterocycles. The molecule has 1 aromatic carbocycles. The molecule has 0 saturated carbocycles. The number of fused-ring (bicyclic) bond motifs is 1. The molecule has 0 spiro atoms. The van der Waals surface area contributed by atoms with Gasteiger partial charge in [0.2, 0.25) is 0 Å². The van der Waals surface area contributed by atoms with E-state index < -0.39 is 15.9 Å². The SMILES string of the molecule is COc1cc2cnn(C3CCCCO3)c2c(CS(=O)(=O)O)c1Br. The van der Waals surface area contributed by atoms with Crippen molar-refractivity contribution in [2.75, 3.05) is 13.7 Å². The maximum absolute atomic E-state index is 11.4. The van der Waals surface area contributed by atoms with E-state index in [1.54, 1.807) is 16.9 Å². The molecule has 1 N–H and O–H groups in total. The lowest BCUT2D eigenvalue weighted by Gasteiger charge is -2.24. The molecule has 1 unspecified atom stereocenters. The second-order valence-corrected chi connectivity index (χ2v) is 7.69. The summed E-state index contributed by atoms with van der Waals surface area (Å²) < 4.78 is 45.4. The van der Waals surface area contributed by atoms with Crippen LogP contribution in [-0.4, -0.2) is 36.5 Å². The zero-order chi connectivity index (χ0) is 16.6. The fraction of sp³-hybridized carbons (Fsp3) is 0.500. The molecular formula is C14H17BrN2O5S. The molecule has 2 aromatic rings. The summed E-state index contributed by atoms with van der Waals surface area (Å²) in [5.41, 5.74) is 1.04. The van der Waals surface area contributed by atoms with Crippen LogP contribution in [0.3, 0.4) is 0 Å². The number of hydrogen-bond acceptors (Lipinski definition) is 5. The largest absolute Gasteiger partial charge is 0.496 e. The third-order valence-electron chi connectivity index (χ3n) is 3.85. The molecule has 0 aliphatic carbocycles. The van der Waals surface area contributed by atoms with Crippen molar-refractivity contribution in [3.8, 4) is 5.75 Å². The Morgan fingerprint density at radius 3 is 2.91 bits per heavy atom. The van der Waals surface area contributed by atoms with Crippen LogP contribution in [0.25, 0.3) is 10.9 Å². The van der Waals surface area contributed by atoms with Crippen molar-refractivity contribution in [2.24, 2.45) is 0 Å². The number of nitrogens with zero attached hydrogens (tertiary/aromatic N) is 2.